The normalized spacial score (nSPS) is 10.8. The lowest BCUT2D eigenvalue weighted by atomic mass is 10.1. The van der Waals surface area contributed by atoms with Crippen molar-refractivity contribution in [2.24, 2.45) is 0 Å². The molecule has 0 aliphatic heterocycles. The van der Waals surface area contributed by atoms with Crippen molar-refractivity contribution in [3.63, 3.8) is 0 Å². The van der Waals surface area contributed by atoms with Gasteiger partial charge in [0.15, 0.2) is 0 Å². The molecule has 1 heterocycles. The summed E-state index contributed by atoms with van der Waals surface area (Å²) >= 11 is 3.52. The highest BCUT2D eigenvalue weighted by molar-refractivity contribution is 7.98. The highest BCUT2D eigenvalue weighted by Gasteiger charge is 2.12. The Kier molecular flexibility index (Phi) is 4.80. The third kappa shape index (κ3) is 3.18. The fourth-order valence-corrected chi connectivity index (χ4v) is 4.48. The van der Waals surface area contributed by atoms with E-state index in [4.69, 9.17) is 4.74 Å². The Labute approximate surface area is 138 Å². The summed E-state index contributed by atoms with van der Waals surface area (Å²) in [5, 5.41) is 3.47. The summed E-state index contributed by atoms with van der Waals surface area (Å²) in [6.07, 6.45) is 0. The molecule has 3 aromatic rings. The van der Waals surface area contributed by atoms with Crippen molar-refractivity contribution in [3.05, 3.63) is 65.0 Å². The average molecular weight is 328 g/mol. The summed E-state index contributed by atoms with van der Waals surface area (Å²) in [6, 6.07) is 16.1. The minimum absolute atomic E-state index is 0.242. The summed E-state index contributed by atoms with van der Waals surface area (Å²) in [5.41, 5.74) is 1.68. The van der Waals surface area contributed by atoms with Gasteiger partial charge < -0.3 is 4.74 Å². The molecule has 0 radical (unpaired) electrons. The van der Waals surface area contributed by atoms with Crippen LogP contribution >= 0.6 is 23.1 Å². The number of thioether (sulfide) groups is 1. The predicted octanol–water partition coefficient (Wildman–Crippen LogP) is 5.37. The van der Waals surface area contributed by atoms with Gasteiger partial charge in [0, 0.05) is 26.1 Å². The van der Waals surface area contributed by atoms with Gasteiger partial charge in [0.05, 0.1) is 12.2 Å². The Morgan fingerprint density at radius 2 is 1.91 bits per heavy atom. The van der Waals surface area contributed by atoms with Crippen molar-refractivity contribution in [2.75, 3.05) is 6.61 Å². The second-order valence-electron chi connectivity index (χ2n) is 4.76. The predicted molar refractivity (Wildman–Crippen MR) is 93.8 cm³/mol. The molecular weight excluding hydrogens is 312 g/mol. The third-order valence-corrected chi connectivity index (χ3v) is 5.56. The number of carbonyl (C=O) groups excluding carboxylic acids is 1. The van der Waals surface area contributed by atoms with Crippen LogP contribution in [0.1, 0.15) is 22.8 Å². The van der Waals surface area contributed by atoms with Crippen molar-refractivity contribution in [1.29, 1.82) is 0 Å². The van der Waals surface area contributed by atoms with Gasteiger partial charge in [-0.15, -0.1) is 23.1 Å². The largest absolute Gasteiger partial charge is 0.462 e. The van der Waals surface area contributed by atoms with Gasteiger partial charge in [0.25, 0.3) is 0 Å². The molecule has 4 heteroatoms. The Morgan fingerprint density at radius 1 is 1.14 bits per heavy atom. The van der Waals surface area contributed by atoms with E-state index in [1.54, 1.807) is 23.1 Å². The van der Waals surface area contributed by atoms with Crippen LogP contribution < -0.4 is 0 Å². The molecule has 0 saturated heterocycles. The molecule has 0 bridgehead atoms. The molecule has 0 fully saturated rings. The van der Waals surface area contributed by atoms with E-state index in [0.29, 0.717) is 12.2 Å². The van der Waals surface area contributed by atoms with Crippen LogP contribution in [0, 0.1) is 0 Å². The molecule has 1 aromatic heterocycles. The van der Waals surface area contributed by atoms with Gasteiger partial charge in [0.1, 0.15) is 0 Å². The lowest BCUT2D eigenvalue weighted by Gasteiger charge is -2.08. The fourth-order valence-electron chi connectivity index (χ4n) is 2.27. The summed E-state index contributed by atoms with van der Waals surface area (Å²) in [6.45, 7) is 2.22. The maximum absolute atomic E-state index is 12.0. The van der Waals surface area contributed by atoms with Crippen molar-refractivity contribution < 1.29 is 9.53 Å². The number of thiophene rings is 1. The minimum Gasteiger partial charge on any atom is -0.462 e. The number of benzene rings is 2. The molecular formula is C18H16O2S2. The van der Waals surface area contributed by atoms with Crippen LogP contribution in [-0.2, 0) is 10.5 Å². The monoisotopic (exact) mass is 328 g/mol. The van der Waals surface area contributed by atoms with E-state index in [1.165, 1.54) is 15.0 Å². The molecule has 2 nitrogen and oxygen atoms in total. The molecule has 0 amide bonds. The maximum Gasteiger partial charge on any atom is 0.338 e. The van der Waals surface area contributed by atoms with Gasteiger partial charge in [-0.25, -0.2) is 4.79 Å². The lowest BCUT2D eigenvalue weighted by molar-refractivity contribution is 0.0525. The summed E-state index contributed by atoms with van der Waals surface area (Å²) in [7, 11) is 0. The SMILES string of the molecule is CCOC(=O)c1ccccc1CSc1csc2ccccc12. The van der Waals surface area contributed by atoms with E-state index < -0.39 is 0 Å². The topological polar surface area (TPSA) is 26.3 Å². The first-order chi connectivity index (χ1) is 10.8. The van der Waals surface area contributed by atoms with Gasteiger partial charge in [-0.3, -0.25) is 0 Å². The number of carbonyl (C=O) groups is 1. The summed E-state index contributed by atoms with van der Waals surface area (Å²) < 4.78 is 6.42. The molecule has 0 saturated carbocycles. The van der Waals surface area contributed by atoms with Gasteiger partial charge in [0.2, 0.25) is 0 Å². The number of ether oxygens (including phenoxy) is 1. The first-order valence-electron chi connectivity index (χ1n) is 7.13. The standard InChI is InChI=1S/C18H16O2S2/c1-2-20-18(19)14-8-4-3-7-13(14)11-21-17-12-22-16-10-6-5-9-15(16)17/h3-10,12H,2,11H2,1H3. The highest BCUT2D eigenvalue weighted by Crippen LogP contribution is 2.35. The second kappa shape index (κ2) is 6.99. The number of rotatable bonds is 5. The highest BCUT2D eigenvalue weighted by atomic mass is 32.2. The van der Waals surface area contributed by atoms with Crippen LogP contribution in [-0.4, -0.2) is 12.6 Å². The average Bonchev–Trinajstić information content (AvgIpc) is 2.97. The van der Waals surface area contributed by atoms with Gasteiger partial charge in [-0.05, 0) is 24.6 Å². The first-order valence-corrected chi connectivity index (χ1v) is 9.00. The van der Waals surface area contributed by atoms with Crippen LogP contribution in [0.4, 0.5) is 0 Å². The summed E-state index contributed by atoms with van der Waals surface area (Å²) in [4.78, 5) is 13.3. The van der Waals surface area contributed by atoms with Crippen LogP contribution in [0.3, 0.4) is 0 Å². The molecule has 0 N–H and O–H groups in total. The van der Waals surface area contributed by atoms with Gasteiger partial charge in [-0.1, -0.05) is 36.4 Å². The third-order valence-electron chi connectivity index (χ3n) is 3.34. The number of hydrogen-bond donors (Lipinski definition) is 0. The minimum atomic E-state index is -0.242. The van der Waals surface area contributed by atoms with Crippen LogP contribution in [0.2, 0.25) is 0 Å². The maximum atomic E-state index is 12.0. The lowest BCUT2D eigenvalue weighted by Crippen LogP contribution is -2.07. The zero-order chi connectivity index (χ0) is 15.4. The molecule has 0 unspecified atom stereocenters. The molecule has 0 aliphatic carbocycles. The van der Waals surface area contributed by atoms with E-state index in [2.05, 4.69) is 29.6 Å². The fraction of sp³-hybridized carbons (Fsp3) is 0.167. The van der Waals surface area contributed by atoms with Crippen LogP contribution in [0.25, 0.3) is 10.1 Å². The molecule has 112 valence electrons. The first kappa shape index (κ1) is 15.1. The van der Waals surface area contributed by atoms with Crippen molar-refractivity contribution >= 4 is 39.2 Å². The Morgan fingerprint density at radius 3 is 2.77 bits per heavy atom. The van der Waals surface area contributed by atoms with E-state index in [-0.39, 0.29) is 5.97 Å². The molecule has 2 aromatic carbocycles. The molecule has 0 atom stereocenters. The van der Waals surface area contributed by atoms with E-state index in [0.717, 1.165) is 11.3 Å². The number of esters is 1. The van der Waals surface area contributed by atoms with Crippen LogP contribution in [0.5, 0.6) is 0 Å². The van der Waals surface area contributed by atoms with Gasteiger partial charge in [-0.2, -0.15) is 0 Å². The van der Waals surface area contributed by atoms with Crippen molar-refractivity contribution in [3.8, 4) is 0 Å². The Balaban J connectivity index is 1.81. The zero-order valence-corrected chi connectivity index (χ0v) is 13.9. The Hall–Kier alpha value is -1.78. The van der Waals surface area contributed by atoms with Gasteiger partial charge >= 0.3 is 5.97 Å². The van der Waals surface area contributed by atoms with Crippen molar-refractivity contribution in [2.45, 2.75) is 17.6 Å². The molecule has 3 rings (SSSR count). The summed E-state index contributed by atoms with van der Waals surface area (Å²) in [5.74, 6) is 0.518. The smallest absolute Gasteiger partial charge is 0.338 e. The van der Waals surface area contributed by atoms with E-state index in [1.807, 2.05) is 31.2 Å². The van der Waals surface area contributed by atoms with Crippen molar-refractivity contribution in [1.82, 2.24) is 0 Å². The second-order valence-corrected chi connectivity index (χ2v) is 6.69. The Bertz CT molecular complexity index is 792. The van der Waals surface area contributed by atoms with E-state index in [9.17, 15) is 4.79 Å². The molecule has 22 heavy (non-hydrogen) atoms. The molecule has 0 aliphatic rings. The molecule has 0 spiro atoms. The van der Waals surface area contributed by atoms with Crippen LogP contribution in [0.15, 0.2) is 58.8 Å². The number of hydrogen-bond acceptors (Lipinski definition) is 4. The zero-order valence-electron chi connectivity index (χ0n) is 12.2. The van der Waals surface area contributed by atoms with E-state index >= 15 is 0 Å². The number of fused-ring (bicyclic) bond motifs is 1. The quantitative estimate of drug-likeness (QED) is 0.465.